The molecular formula is C18H31O3P. The Morgan fingerprint density at radius 3 is 2.14 bits per heavy atom. The molecule has 0 saturated heterocycles. The Morgan fingerprint density at radius 1 is 0.909 bits per heavy atom. The smallest absolute Gasteiger partial charge is 0.378 e. The van der Waals surface area contributed by atoms with Crippen LogP contribution in [0, 0.1) is 0 Å². The molecule has 0 aromatic heterocycles. The van der Waals surface area contributed by atoms with Crippen LogP contribution < -0.4 is 4.52 Å². The van der Waals surface area contributed by atoms with Crippen LogP contribution in [0.1, 0.15) is 64.9 Å². The molecular weight excluding hydrogens is 295 g/mol. The van der Waals surface area contributed by atoms with Crippen LogP contribution in [-0.2, 0) is 15.5 Å². The maximum absolute atomic E-state index is 12.3. The average Bonchev–Trinajstić information content (AvgIpc) is 2.52. The Balaban J connectivity index is 2.38. The fourth-order valence-corrected chi connectivity index (χ4v) is 3.57. The lowest BCUT2D eigenvalue weighted by Crippen LogP contribution is -2.00. The van der Waals surface area contributed by atoms with E-state index < -0.39 is 7.60 Å². The van der Waals surface area contributed by atoms with Crippen LogP contribution in [0.4, 0.5) is 0 Å². The number of benzene rings is 1. The van der Waals surface area contributed by atoms with Crippen molar-refractivity contribution in [3.05, 3.63) is 29.8 Å². The molecule has 126 valence electrons. The van der Waals surface area contributed by atoms with Gasteiger partial charge in [0.05, 0.1) is 12.8 Å². The molecule has 0 heterocycles. The third kappa shape index (κ3) is 7.47. The minimum absolute atomic E-state index is 0.389. The van der Waals surface area contributed by atoms with Crippen molar-refractivity contribution in [2.75, 3.05) is 12.8 Å². The van der Waals surface area contributed by atoms with E-state index in [-0.39, 0.29) is 0 Å². The summed E-state index contributed by atoms with van der Waals surface area (Å²) >= 11 is 0. The maximum Gasteiger partial charge on any atom is 0.378 e. The maximum atomic E-state index is 12.3. The molecule has 1 atom stereocenters. The van der Waals surface area contributed by atoms with Crippen molar-refractivity contribution in [3.63, 3.8) is 0 Å². The molecule has 0 saturated carbocycles. The van der Waals surface area contributed by atoms with Gasteiger partial charge in [-0.1, -0.05) is 58.1 Å². The van der Waals surface area contributed by atoms with Gasteiger partial charge in [-0.05, 0) is 37.5 Å². The zero-order chi connectivity index (χ0) is 16.3. The van der Waals surface area contributed by atoms with Crippen LogP contribution in [0.25, 0.3) is 0 Å². The van der Waals surface area contributed by atoms with Crippen LogP contribution in [0.2, 0.25) is 0 Å². The number of hydrogen-bond donors (Lipinski definition) is 0. The lowest BCUT2D eigenvalue weighted by molar-refractivity contribution is 0.280. The molecule has 1 unspecified atom stereocenters. The van der Waals surface area contributed by atoms with Gasteiger partial charge in [-0.15, -0.1) is 0 Å². The van der Waals surface area contributed by atoms with Gasteiger partial charge in [-0.3, -0.25) is 0 Å². The Morgan fingerprint density at radius 2 is 1.55 bits per heavy atom. The average molecular weight is 326 g/mol. The molecule has 1 aromatic rings. The number of hydrogen-bond acceptors (Lipinski definition) is 3. The summed E-state index contributed by atoms with van der Waals surface area (Å²) in [5.74, 6) is 0.630. The lowest BCUT2D eigenvalue weighted by Gasteiger charge is -2.17. The summed E-state index contributed by atoms with van der Waals surface area (Å²) in [5, 5.41) is 0. The second-order valence-corrected chi connectivity index (χ2v) is 7.89. The third-order valence-corrected chi connectivity index (χ3v) is 5.62. The fourth-order valence-electron chi connectivity index (χ4n) is 2.37. The molecule has 0 radical (unpaired) electrons. The van der Waals surface area contributed by atoms with E-state index in [1.54, 1.807) is 0 Å². The Hall–Kier alpha value is -0.790. The highest BCUT2D eigenvalue weighted by atomic mass is 31.2. The first kappa shape index (κ1) is 19.3. The summed E-state index contributed by atoms with van der Waals surface area (Å²) in [6, 6.07) is 7.92. The molecule has 1 rings (SSSR count). The van der Waals surface area contributed by atoms with Crippen molar-refractivity contribution in [1.29, 1.82) is 0 Å². The first-order chi connectivity index (χ1) is 10.6. The third-order valence-electron chi connectivity index (χ3n) is 3.70. The predicted octanol–water partition coefficient (Wildman–Crippen LogP) is 6.22. The molecule has 0 amide bonds. The van der Waals surface area contributed by atoms with Crippen LogP contribution in [-0.4, -0.2) is 12.8 Å². The van der Waals surface area contributed by atoms with Crippen molar-refractivity contribution < 1.29 is 13.6 Å². The molecule has 0 spiro atoms. The quantitative estimate of drug-likeness (QED) is 0.338. The van der Waals surface area contributed by atoms with Gasteiger partial charge < -0.3 is 9.05 Å². The second kappa shape index (κ2) is 10.9. The van der Waals surface area contributed by atoms with Gasteiger partial charge in [-0.25, -0.2) is 4.57 Å². The predicted molar refractivity (Wildman–Crippen MR) is 93.9 cm³/mol. The van der Waals surface area contributed by atoms with E-state index in [4.69, 9.17) is 9.05 Å². The Bertz CT molecular complexity index is 442. The number of unbranched alkanes of at least 4 members (excludes halogenated alkanes) is 5. The molecule has 0 bridgehead atoms. The standard InChI is InChI=1S/C18H31O3P/c1-4-7-8-9-10-11-12-17-13-15-18(16-14-17)21-22(19,6-3)20-5-2/h13-16H,4-12H2,1-3H3. The molecule has 22 heavy (non-hydrogen) atoms. The van der Waals surface area contributed by atoms with Gasteiger partial charge in [0.2, 0.25) is 0 Å². The summed E-state index contributed by atoms with van der Waals surface area (Å²) in [6.07, 6.45) is 9.36. The van der Waals surface area contributed by atoms with Crippen molar-refractivity contribution in [1.82, 2.24) is 0 Å². The van der Waals surface area contributed by atoms with Gasteiger partial charge in [0.25, 0.3) is 0 Å². The summed E-state index contributed by atoms with van der Waals surface area (Å²) in [6.45, 7) is 6.30. The molecule has 4 heteroatoms. The van der Waals surface area contributed by atoms with E-state index in [2.05, 4.69) is 19.1 Å². The minimum atomic E-state index is -2.97. The molecule has 0 aliphatic carbocycles. The molecule has 0 fully saturated rings. The first-order valence-corrected chi connectivity index (χ1v) is 10.4. The second-order valence-electron chi connectivity index (χ2n) is 5.60. The monoisotopic (exact) mass is 326 g/mol. The summed E-state index contributed by atoms with van der Waals surface area (Å²) < 4.78 is 23.1. The zero-order valence-corrected chi connectivity index (χ0v) is 15.2. The molecule has 0 N–H and O–H groups in total. The SMILES string of the molecule is CCCCCCCCc1ccc(OP(=O)(CC)OCC)cc1. The fraction of sp³-hybridized carbons (Fsp3) is 0.667. The minimum Gasteiger partial charge on any atom is -0.424 e. The van der Waals surface area contributed by atoms with E-state index in [1.165, 1.54) is 44.1 Å². The summed E-state index contributed by atoms with van der Waals surface area (Å²) in [4.78, 5) is 0. The van der Waals surface area contributed by atoms with E-state index >= 15 is 0 Å². The van der Waals surface area contributed by atoms with E-state index in [9.17, 15) is 4.57 Å². The van der Waals surface area contributed by atoms with Gasteiger partial charge in [0, 0.05) is 0 Å². The molecule has 1 aromatic carbocycles. The molecule has 0 aliphatic heterocycles. The number of aryl methyl sites for hydroxylation is 1. The highest BCUT2D eigenvalue weighted by Gasteiger charge is 2.22. The van der Waals surface area contributed by atoms with Crippen molar-refractivity contribution in [3.8, 4) is 5.75 Å². The Kier molecular flexibility index (Phi) is 9.50. The van der Waals surface area contributed by atoms with Crippen LogP contribution in [0.15, 0.2) is 24.3 Å². The Labute approximate surface area is 136 Å². The highest BCUT2D eigenvalue weighted by Crippen LogP contribution is 2.47. The van der Waals surface area contributed by atoms with Crippen molar-refractivity contribution in [2.24, 2.45) is 0 Å². The summed E-state index contributed by atoms with van der Waals surface area (Å²) in [7, 11) is -2.97. The number of rotatable bonds is 12. The highest BCUT2D eigenvalue weighted by molar-refractivity contribution is 7.54. The van der Waals surface area contributed by atoms with E-state index in [1.807, 2.05) is 26.0 Å². The van der Waals surface area contributed by atoms with Crippen LogP contribution in [0.3, 0.4) is 0 Å². The normalized spacial score (nSPS) is 13.8. The van der Waals surface area contributed by atoms with E-state index in [0.29, 0.717) is 18.5 Å². The van der Waals surface area contributed by atoms with Crippen LogP contribution >= 0.6 is 7.60 Å². The first-order valence-electron chi connectivity index (χ1n) is 8.65. The zero-order valence-electron chi connectivity index (χ0n) is 14.3. The van der Waals surface area contributed by atoms with E-state index in [0.717, 1.165) is 6.42 Å². The van der Waals surface area contributed by atoms with Crippen LogP contribution in [0.5, 0.6) is 5.75 Å². The largest absolute Gasteiger partial charge is 0.424 e. The van der Waals surface area contributed by atoms with Crippen molar-refractivity contribution in [2.45, 2.75) is 65.7 Å². The van der Waals surface area contributed by atoms with Gasteiger partial charge in [0.15, 0.2) is 0 Å². The summed E-state index contributed by atoms with van der Waals surface area (Å²) in [5.41, 5.74) is 1.31. The van der Waals surface area contributed by atoms with Gasteiger partial charge in [-0.2, -0.15) is 0 Å². The van der Waals surface area contributed by atoms with Gasteiger partial charge in [0.1, 0.15) is 5.75 Å². The lowest BCUT2D eigenvalue weighted by atomic mass is 10.1. The molecule has 0 aliphatic rings. The van der Waals surface area contributed by atoms with Gasteiger partial charge >= 0.3 is 7.60 Å². The topological polar surface area (TPSA) is 35.5 Å². The van der Waals surface area contributed by atoms with Crippen molar-refractivity contribution >= 4 is 7.60 Å². The molecule has 3 nitrogen and oxygen atoms in total.